The summed E-state index contributed by atoms with van der Waals surface area (Å²) in [7, 11) is 0. The van der Waals surface area contributed by atoms with Crippen LogP contribution >= 0.6 is 0 Å². The Hall–Kier alpha value is -0.850. The van der Waals surface area contributed by atoms with Crippen molar-refractivity contribution in [2.75, 3.05) is 26.2 Å². The summed E-state index contributed by atoms with van der Waals surface area (Å²) in [4.78, 5) is 11.4. The van der Waals surface area contributed by atoms with Crippen molar-refractivity contribution in [3.8, 4) is 0 Å². The van der Waals surface area contributed by atoms with Crippen LogP contribution in [-0.4, -0.2) is 47.9 Å². The number of hydrogen-bond acceptors (Lipinski definition) is 5. The van der Waals surface area contributed by atoms with Crippen LogP contribution in [0.2, 0.25) is 0 Å². The summed E-state index contributed by atoms with van der Waals surface area (Å²) in [6.07, 6.45) is -0.409. The number of rotatable bonds is 1. The van der Waals surface area contributed by atoms with Gasteiger partial charge in [-0.3, -0.25) is 11.3 Å². The van der Waals surface area contributed by atoms with Gasteiger partial charge in [-0.2, -0.15) is 0 Å². The molecule has 1 amide bonds. The van der Waals surface area contributed by atoms with E-state index >= 15 is 0 Å². The Kier molecular flexibility index (Phi) is 3.90. The number of ether oxygens (including phenoxy) is 1. The van der Waals surface area contributed by atoms with Crippen molar-refractivity contribution in [2.24, 2.45) is 5.84 Å². The number of nitrogens with zero attached hydrogens (tertiary/aromatic N) is 2. The van der Waals surface area contributed by atoms with Crippen LogP contribution in [0.3, 0.4) is 0 Å². The molecule has 0 atom stereocenters. The molecule has 1 aliphatic heterocycles. The average Bonchev–Trinajstić information content (AvgIpc) is 2.05. The average molecular weight is 216 g/mol. The van der Waals surface area contributed by atoms with Crippen LogP contribution in [0.4, 0.5) is 4.79 Å². The van der Waals surface area contributed by atoms with Crippen LogP contribution in [0.15, 0.2) is 0 Å². The summed E-state index contributed by atoms with van der Waals surface area (Å²) in [5.41, 5.74) is 2.23. The molecular formula is C9H20N4O2. The largest absolute Gasteiger partial charge is 0.443 e. The molecule has 15 heavy (non-hydrogen) atoms. The van der Waals surface area contributed by atoms with Crippen LogP contribution in [0.25, 0.3) is 0 Å². The molecular weight excluding hydrogens is 196 g/mol. The first-order valence-electron chi connectivity index (χ1n) is 5.11. The van der Waals surface area contributed by atoms with E-state index < -0.39 is 11.7 Å². The van der Waals surface area contributed by atoms with E-state index in [-0.39, 0.29) is 0 Å². The van der Waals surface area contributed by atoms with E-state index in [2.05, 4.69) is 5.43 Å². The first kappa shape index (κ1) is 12.2. The van der Waals surface area contributed by atoms with Gasteiger partial charge in [0.1, 0.15) is 5.60 Å². The van der Waals surface area contributed by atoms with E-state index in [1.165, 1.54) is 0 Å². The molecule has 6 heteroatoms. The summed E-state index contributed by atoms with van der Waals surface area (Å²) >= 11 is 0. The SMILES string of the molecule is CC(C)(C)OC(=O)NN1CCN(N)CC1. The Morgan fingerprint density at radius 2 is 1.80 bits per heavy atom. The second kappa shape index (κ2) is 4.78. The van der Waals surface area contributed by atoms with E-state index in [9.17, 15) is 4.79 Å². The summed E-state index contributed by atoms with van der Waals surface area (Å²) in [5, 5.41) is 3.55. The molecule has 0 aromatic heterocycles. The first-order valence-corrected chi connectivity index (χ1v) is 5.11. The molecule has 1 aliphatic rings. The van der Waals surface area contributed by atoms with Crippen molar-refractivity contribution >= 4 is 6.09 Å². The molecule has 0 unspecified atom stereocenters. The summed E-state index contributed by atoms with van der Waals surface area (Å²) in [5.74, 6) is 5.59. The monoisotopic (exact) mass is 216 g/mol. The van der Waals surface area contributed by atoms with Gasteiger partial charge in [0, 0.05) is 26.2 Å². The van der Waals surface area contributed by atoms with E-state index in [1.807, 2.05) is 25.8 Å². The van der Waals surface area contributed by atoms with Gasteiger partial charge in [0.25, 0.3) is 0 Å². The number of hydrazine groups is 2. The molecule has 0 radical (unpaired) electrons. The van der Waals surface area contributed by atoms with Gasteiger partial charge in [-0.15, -0.1) is 0 Å². The highest BCUT2D eigenvalue weighted by Crippen LogP contribution is 2.06. The third kappa shape index (κ3) is 4.96. The predicted molar refractivity (Wildman–Crippen MR) is 56.7 cm³/mol. The maximum atomic E-state index is 11.4. The molecule has 0 spiro atoms. The second-order valence-corrected chi connectivity index (χ2v) is 4.64. The summed E-state index contributed by atoms with van der Waals surface area (Å²) in [6.45, 7) is 8.44. The molecule has 6 nitrogen and oxygen atoms in total. The van der Waals surface area contributed by atoms with Crippen LogP contribution in [-0.2, 0) is 4.74 Å². The number of nitrogens with one attached hydrogen (secondary N) is 1. The van der Waals surface area contributed by atoms with Crippen molar-refractivity contribution in [2.45, 2.75) is 26.4 Å². The standard InChI is InChI=1S/C9H20N4O2/c1-9(2,3)15-8(14)11-13-6-4-12(10)5-7-13/h4-7,10H2,1-3H3,(H,11,14). The smallest absolute Gasteiger partial charge is 0.422 e. The van der Waals surface area contributed by atoms with Crippen LogP contribution in [0.5, 0.6) is 0 Å². The molecule has 0 saturated carbocycles. The molecule has 3 N–H and O–H groups in total. The van der Waals surface area contributed by atoms with Crippen molar-refractivity contribution in [3.63, 3.8) is 0 Å². The number of piperazine rings is 1. The van der Waals surface area contributed by atoms with Crippen molar-refractivity contribution in [1.29, 1.82) is 0 Å². The highest BCUT2D eigenvalue weighted by Gasteiger charge is 2.20. The predicted octanol–water partition coefficient (Wildman–Crippen LogP) is -0.0826. The quantitative estimate of drug-likeness (QED) is 0.600. The Labute approximate surface area is 90.3 Å². The van der Waals surface area contributed by atoms with Crippen LogP contribution < -0.4 is 11.3 Å². The molecule has 0 aromatic rings. The topological polar surface area (TPSA) is 70.8 Å². The molecule has 1 saturated heterocycles. The van der Waals surface area contributed by atoms with Crippen molar-refractivity contribution in [3.05, 3.63) is 0 Å². The fourth-order valence-corrected chi connectivity index (χ4v) is 1.26. The minimum absolute atomic E-state index is 0.409. The zero-order chi connectivity index (χ0) is 11.5. The second-order valence-electron chi connectivity index (χ2n) is 4.64. The minimum atomic E-state index is -0.459. The Bertz CT molecular complexity index is 219. The first-order chi connectivity index (χ1) is 6.87. The molecule has 1 fully saturated rings. The number of nitrogens with two attached hydrogens (primary N) is 1. The molecule has 1 heterocycles. The van der Waals surface area contributed by atoms with Crippen LogP contribution in [0, 0.1) is 0 Å². The van der Waals surface area contributed by atoms with Gasteiger partial charge in [-0.1, -0.05) is 0 Å². The number of carbonyl (C=O) groups excluding carboxylic acids is 1. The lowest BCUT2D eigenvalue weighted by atomic mass is 10.2. The van der Waals surface area contributed by atoms with E-state index in [0.29, 0.717) is 0 Å². The number of hydrogen-bond donors (Lipinski definition) is 2. The third-order valence-corrected chi connectivity index (χ3v) is 1.96. The fourth-order valence-electron chi connectivity index (χ4n) is 1.26. The van der Waals surface area contributed by atoms with Crippen molar-refractivity contribution in [1.82, 2.24) is 15.4 Å². The maximum absolute atomic E-state index is 11.4. The van der Waals surface area contributed by atoms with Gasteiger partial charge in [0.05, 0.1) is 0 Å². The molecule has 0 aliphatic carbocycles. The van der Waals surface area contributed by atoms with Gasteiger partial charge >= 0.3 is 6.09 Å². The lowest BCUT2D eigenvalue weighted by Gasteiger charge is -2.32. The van der Waals surface area contributed by atoms with E-state index in [1.54, 1.807) is 5.01 Å². The third-order valence-electron chi connectivity index (χ3n) is 1.96. The molecule has 0 bridgehead atoms. The van der Waals surface area contributed by atoms with Gasteiger partial charge in [0.15, 0.2) is 0 Å². The summed E-state index contributed by atoms with van der Waals surface area (Å²) in [6, 6.07) is 0. The van der Waals surface area contributed by atoms with Gasteiger partial charge in [-0.05, 0) is 20.8 Å². The van der Waals surface area contributed by atoms with Crippen molar-refractivity contribution < 1.29 is 9.53 Å². The molecule has 88 valence electrons. The normalized spacial score (nSPS) is 20.0. The Morgan fingerprint density at radius 1 is 1.27 bits per heavy atom. The summed E-state index contributed by atoms with van der Waals surface area (Å²) < 4.78 is 5.13. The minimum Gasteiger partial charge on any atom is -0.443 e. The zero-order valence-corrected chi connectivity index (χ0v) is 9.62. The molecule has 0 aromatic carbocycles. The van der Waals surface area contributed by atoms with E-state index in [0.717, 1.165) is 26.2 Å². The fraction of sp³-hybridized carbons (Fsp3) is 0.889. The van der Waals surface area contributed by atoms with Gasteiger partial charge < -0.3 is 4.74 Å². The maximum Gasteiger partial charge on any atom is 0.422 e. The molecule has 1 rings (SSSR count). The van der Waals surface area contributed by atoms with Gasteiger partial charge in [0.2, 0.25) is 0 Å². The number of carbonyl (C=O) groups is 1. The zero-order valence-electron chi connectivity index (χ0n) is 9.62. The highest BCUT2D eigenvalue weighted by atomic mass is 16.6. The Balaban J connectivity index is 2.27. The van der Waals surface area contributed by atoms with E-state index in [4.69, 9.17) is 10.6 Å². The van der Waals surface area contributed by atoms with Crippen LogP contribution in [0.1, 0.15) is 20.8 Å². The highest BCUT2D eigenvalue weighted by molar-refractivity contribution is 5.67. The van der Waals surface area contributed by atoms with Gasteiger partial charge in [-0.25, -0.2) is 14.8 Å². The Morgan fingerprint density at radius 3 is 2.27 bits per heavy atom. The lowest BCUT2D eigenvalue weighted by molar-refractivity contribution is 0.0221. The lowest BCUT2D eigenvalue weighted by Crippen LogP contribution is -2.55. The number of amides is 1.